The third-order valence-corrected chi connectivity index (χ3v) is 2.38. The fourth-order valence-corrected chi connectivity index (χ4v) is 1.52. The van der Waals surface area contributed by atoms with Crippen LogP contribution in [0.25, 0.3) is 0 Å². The summed E-state index contributed by atoms with van der Waals surface area (Å²) in [7, 11) is 0. The van der Waals surface area contributed by atoms with E-state index in [-0.39, 0.29) is 12.5 Å². The van der Waals surface area contributed by atoms with Crippen LogP contribution in [0.1, 0.15) is 13.8 Å². The summed E-state index contributed by atoms with van der Waals surface area (Å²) in [5, 5.41) is 8.46. The number of carbonyl (C=O) groups excluding carboxylic acids is 2. The number of carbonyl (C=O) groups is 2. The zero-order chi connectivity index (χ0) is 15.0. The van der Waals surface area contributed by atoms with Gasteiger partial charge in [0.15, 0.2) is 5.82 Å². The number of anilines is 2. The number of pyridine rings is 1. The monoisotopic (exact) mass is 300 g/mol. The van der Waals surface area contributed by atoms with Crippen molar-refractivity contribution in [3.63, 3.8) is 0 Å². The van der Waals surface area contributed by atoms with Gasteiger partial charge in [0.2, 0.25) is 5.91 Å². The van der Waals surface area contributed by atoms with Gasteiger partial charge in [0, 0.05) is 20.0 Å². The minimum Gasteiger partial charge on any atom is -0.450 e. The molecule has 1 heterocycles. The Balaban J connectivity index is 2.64. The highest BCUT2D eigenvalue weighted by atomic mass is 35.5. The summed E-state index contributed by atoms with van der Waals surface area (Å²) >= 11 is 5.81. The van der Waals surface area contributed by atoms with Crippen LogP contribution in [-0.4, -0.2) is 36.7 Å². The van der Waals surface area contributed by atoms with Crippen molar-refractivity contribution in [2.45, 2.75) is 13.8 Å². The molecule has 0 spiro atoms. The molecular weight excluding hydrogens is 284 g/mol. The summed E-state index contributed by atoms with van der Waals surface area (Å²) in [6, 6.07) is 3.18. The van der Waals surface area contributed by atoms with E-state index in [1.807, 2.05) is 0 Å². The number of nitrogens with zero attached hydrogens (tertiary/aromatic N) is 1. The van der Waals surface area contributed by atoms with E-state index in [0.717, 1.165) is 0 Å². The van der Waals surface area contributed by atoms with Crippen LogP contribution >= 0.6 is 11.6 Å². The normalized spacial score (nSPS) is 9.75. The van der Waals surface area contributed by atoms with Gasteiger partial charge in [-0.05, 0) is 19.1 Å². The molecule has 7 nitrogen and oxygen atoms in total. The Morgan fingerprint density at radius 1 is 1.35 bits per heavy atom. The second kappa shape index (κ2) is 8.21. The van der Waals surface area contributed by atoms with Crippen LogP contribution in [0.5, 0.6) is 0 Å². The summed E-state index contributed by atoms with van der Waals surface area (Å²) < 4.78 is 4.79. The average Bonchev–Trinajstić information content (AvgIpc) is 2.37. The molecule has 110 valence electrons. The third kappa shape index (κ3) is 5.75. The van der Waals surface area contributed by atoms with Crippen LogP contribution in [0.2, 0.25) is 5.15 Å². The van der Waals surface area contributed by atoms with E-state index in [9.17, 15) is 9.59 Å². The fourth-order valence-electron chi connectivity index (χ4n) is 1.37. The van der Waals surface area contributed by atoms with Crippen molar-refractivity contribution in [3.8, 4) is 0 Å². The molecule has 0 atom stereocenters. The topological polar surface area (TPSA) is 92.3 Å². The quantitative estimate of drug-likeness (QED) is 0.551. The molecule has 0 saturated carbocycles. The molecule has 0 radical (unpaired) electrons. The second-order valence-electron chi connectivity index (χ2n) is 3.79. The average molecular weight is 301 g/mol. The molecule has 1 aromatic rings. The van der Waals surface area contributed by atoms with E-state index in [1.54, 1.807) is 19.1 Å². The van der Waals surface area contributed by atoms with E-state index in [2.05, 4.69) is 20.9 Å². The Kier molecular flexibility index (Phi) is 6.58. The van der Waals surface area contributed by atoms with E-state index >= 15 is 0 Å². The molecule has 8 heteroatoms. The van der Waals surface area contributed by atoms with Crippen LogP contribution in [0, 0.1) is 0 Å². The lowest BCUT2D eigenvalue weighted by Gasteiger charge is -2.12. The summed E-state index contributed by atoms with van der Waals surface area (Å²) in [5.74, 6) is 0.298. The predicted molar refractivity (Wildman–Crippen MR) is 77.1 cm³/mol. The lowest BCUT2D eigenvalue weighted by Crippen LogP contribution is -2.26. The van der Waals surface area contributed by atoms with Crippen molar-refractivity contribution in [2.24, 2.45) is 0 Å². The van der Waals surface area contributed by atoms with Gasteiger partial charge in [-0.1, -0.05) is 11.6 Å². The van der Waals surface area contributed by atoms with E-state index in [4.69, 9.17) is 16.3 Å². The molecule has 2 amide bonds. The largest absolute Gasteiger partial charge is 0.450 e. The third-order valence-electron chi connectivity index (χ3n) is 2.16. The van der Waals surface area contributed by atoms with E-state index in [1.165, 1.54) is 6.92 Å². The van der Waals surface area contributed by atoms with Crippen LogP contribution in [0.4, 0.5) is 16.3 Å². The summed E-state index contributed by atoms with van der Waals surface area (Å²) in [5.41, 5.74) is 0.454. The maximum absolute atomic E-state index is 11.4. The highest BCUT2D eigenvalue weighted by Crippen LogP contribution is 2.21. The molecule has 0 saturated heterocycles. The number of halogens is 1. The Morgan fingerprint density at radius 2 is 2.10 bits per heavy atom. The molecule has 0 aromatic carbocycles. The Labute approximate surface area is 122 Å². The van der Waals surface area contributed by atoms with Gasteiger partial charge >= 0.3 is 6.09 Å². The Bertz CT molecular complexity index is 482. The van der Waals surface area contributed by atoms with Gasteiger partial charge in [0.1, 0.15) is 5.15 Å². The summed E-state index contributed by atoms with van der Waals surface area (Å²) in [6.07, 6.45) is -0.568. The van der Waals surface area contributed by atoms with Crippen molar-refractivity contribution in [2.75, 3.05) is 30.3 Å². The molecule has 1 aromatic heterocycles. The van der Waals surface area contributed by atoms with Gasteiger partial charge in [-0.15, -0.1) is 0 Å². The van der Waals surface area contributed by atoms with Gasteiger partial charge in [0.05, 0.1) is 12.3 Å². The lowest BCUT2D eigenvalue weighted by molar-refractivity contribution is -0.118. The predicted octanol–water partition coefficient (Wildman–Crippen LogP) is 1.85. The zero-order valence-electron chi connectivity index (χ0n) is 11.3. The first kappa shape index (κ1) is 16.0. The number of hydrogen-bond acceptors (Lipinski definition) is 5. The Hall–Kier alpha value is -2.02. The second-order valence-corrected chi connectivity index (χ2v) is 4.17. The van der Waals surface area contributed by atoms with Crippen LogP contribution in [0.3, 0.4) is 0 Å². The smallest absolute Gasteiger partial charge is 0.411 e. The van der Waals surface area contributed by atoms with Crippen LogP contribution in [0.15, 0.2) is 12.1 Å². The van der Waals surface area contributed by atoms with Crippen molar-refractivity contribution >= 4 is 35.1 Å². The van der Waals surface area contributed by atoms with Gasteiger partial charge < -0.3 is 15.4 Å². The minimum atomic E-state index is -0.568. The number of rotatable bonds is 6. The fraction of sp³-hybridized carbons (Fsp3) is 0.417. The molecule has 20 heavy (non-hydrogen) atoms. The maximum atomic E-state index is 11.4. The molecule has 0 unspecified atom stereocenters. The molecule has 0 aliphatic rings. The molecule has 0 fully saturated rings. The van der Waals surface area contributed by atoms with Crippen molar-refractivity contribution in [3.05, 3.63) is 17.3 Å². The molecule has 0 aliphatic heterocycles. The molecular formula is C12H17ClN4O3. The van der Waals surface area contributed by atoms with Crippen LogP contribution in [-0.2, 0) is 9.53 Å². The lowest BCUT2D eigenvalue weighted by atomic mass is 10.3. The van der Waals surface area contributed by atoms with E-state index in [0.29, 0.717) is 29.7 Å². The minimum absolute atomic E-state index is 0.115. The highest BCUT2D eigenvalue weighted by molar-refractivity contribution is 6.29. The highest BCUT2D eigenvalue weighted by Gasteiger charge is 2.09. The van der Waals surface area contributed by atoms with Crippen molar-refractivity contribution in [1.82, 2.24) is 10.3 Å². The number of nitrogens with one attached hydrogen (secondary N) is 3. The molecule has 1 rings (SSSR count). The number of amides is 2. The van der Waals surface area contributed by atoms with Crippen molar-refractivity contribution in [1.29, 1.82) is 0 Å². The molecule has 0 bridgehead atoms. The maximum Gasteiger partial charge on any atom is 0.411 e. The van der Waals surface area contributed by atoms with Gasteiger partial charge in [0.25, 0.3) is 0 Å². The van der Waals surface area contributed by atoms with Gasteiger partial charge in [-0.25, -0.2) is 9.78 Å². The van der Waals surface area contributed by atoms with Crippen LogP contribution < -0.4 is 16.0 Å². The first-order valence-electron chi connectivity index (χ1n) is 6.11. The molecule has 0 aliphatic carbocycles. The molecule has 3 N–H and O–H groups in total. The first-order valence-corrected chi connectivity index (χ1v) is 6.49. The summed E-state index contributed by atoms with van der Waals surface area (Å²) in [4.78, 5) is 26.2. The summed E-state index contributed by atoms with van der Waals surface area (Å²) in [6.45, 7) is 4.31. The number of ether oxygens (including phenoxy) is 1. The van der Waals surface area contributed by atoms with Crippen molar-refractivity contribution < 1.29 is 14.3 Å². The van der Waals surface area contributed by atoms with Gasteiger partial charge in [-0.3, -0.25) is 10.1 Å². The number of hydrogen-bond donors (Lipinski definition) is 3. The zero-order valence-corrected chi connectivity index (χ0v) is 12.1. The van der Waals surface area contributed by atoms with Gasteiger partial charge in [-0.2, -0.15) is 0 Å². The SMILES string of the molecule is CCOC(=O)Nc1ccc(Cl)nc1NCCNC(C)=O. The standard InChI is InChI=1S/C12H17ClN4O3/c1-3-20-12(19)16-9-4-5-10(13)17-11(9)15-7-6-14-8(2)18/h4-5H,3,6-7H2,1-2H3,(H,14,18)(H,15,17)(H,16,19). The van der Waals surface area contributed by atoms with E-state index < -0.39 is 6.09 Å². The Morgan fingerprint density at radius 3 is 2.75 bits per heavy atom. The number of aromatic nitrogens is 1. The first-order chi connectivity index (χ1) is 9.52.